The fourth-order valence-corrected chi connectivity index (χ4v) is 2.97. The molecule has 0 heterocycles. The number of nitrogens with zero attached hydrogens (tertiary/aromatic N) is 1. The van der Waals surface area contributed by atoms with Gasteiger partial charge in [0.1, 0.15) is 0 Å². The summed E-state index contributed by atoms with van der Waals surface area (Å²) in [6, 6.07) is 0.689. The van der Waals surface area contributed by atoms with Crippen LogP contribution >= 0.6 is 0 Å². The van der Waals surface area contributed by atoms with E-state index in [0.29, 0.717) is 6.04 Å². The molecule has 0 amide bonds. The Balaban J connectivity index is 2.60. The molecule has 1 rings (SSSR count). The van der Waals surface area contributed by atoms with Crippen LogP contribution in [0.1, 0.15) is 59.3 Å². The number of likely N-dealkylation sites (N-methyl/N-ethyl adjacent to an activating group) is 1. The van der Waals surface area contributed by atoms with Crippen LogP contribution in [0, 0.1) is 5.92 Å². The summed E-state index contributed by atoms with van der Waals surface area (Å²) in [7, 11) is 2.27. The van der Waals surface area contributed by atoms with Crippen molar-refractivity contribution >= 4 is 0 Å². The first-order chi connectivity index (χ1) is 7.57. The Bertz CT molecular complexity index is 197. The smallest absolute Gasteiger partial charge is 0.0306 e. The predicted molar refractivity (Wildman–Crippen MR) is 71.6 cm³/mol. The van der Waals surface area contributed by atoms with E-state index in [-0.39, 0.29) is 5.54 Å². The van der Waals surface area contributed by atoms with Gasteiger partial charge in [-0.1, -0.05) is 33.1 Å². The van der Waals surface area contributed by atoms with Gasteiger partial charge >= 0.3 is 0 Å². The molecule has 0 radical (unpaired) electrons. The Morgan fingerprint density at radius 1 is 1.31 bits per heavy atom. The Hall–Kier alpha value is -0.0800. The zero-order valence-corrected chi connectivity index (χ0v) is 11.6. The van der Waals surface area contributed by atoms with Gasteiger partial charge in [0.05, 0.1) is 0 Å². The maximum Gasteiger partial charge on any atom is 0.0306 e. The fourth-order valence-electron chi connectivity index (χ4n) is 2.97. The molecule has 1 unspecified atom stereocenters. The van der Waals surface area contributed by atoms with Gasteiger partial charge in [-0.3, -0.25) is 4.90 Å². The molecule has 0 spiro atoms. The minimum absolute atomic E-state index is 0.210. The molecule has 1 saturated carbocycles. The van der Waals surface area contributed by atoms with Gasteiger partial charge in [0.2, 0.25) is 0 Å². The summed E-state index contributed by atoms with van der Waals surface area (Å²) in [6.45, 7) is 7.70. The van der Waals surface area contributed by atoms with Gasteiger partial charge in [-0.15, -0.1) is 0 Å². The molecule has 1 fully saturated rings. The van der Waals surface area contributed by atoms with Crippen molar-refractivity contribution in [2.24, 2.45) is 11.7 Å². The van der Waals surface area contributed by atoms with E-state index in [9.17, 15) is 0 Å². The molecule has 1 aliphatic rings. The second-order valence-electron chi connectivity index (χ2n) is 5.78. The van der Waals surface area contributed by atoms with E-state index in [4.69, 9.17) is 5.73 Å². The van der Waals surface area contributed by atoms with Crippen molar-refractivity contribution in [3.05, 3.63) is 0 Å². The van der Waals surface area contributed by atoms with Crippen molar-refractivity contribution in [2.45, 2.75) is 70.9 Å². The van der Waals surface area contributed by atoms with E-state index in [0.717, 1.165) is 12.5 Å². The maximum atomic E-state index is 6.04. The van der Waals surface area contributed by atoms with Crippen molar-refractivity contribution in [1.82, 2.24) is 4.90 Å². The summed E-state index contributed by atoms with van der Waals surface area (Å²) in [5, 5.41) is 0. The van der Waals surface area contributed by atoms with E-state index in [2.05, 4.69) is 32.7 Å². The highest BCUT2D eigenvalue weighted by atomic mass is 15.2. The average molecular weight is 226 g/mol. The Kier molecular flexibility index (Phi) is 5.26. The second-order valence-corrected chi connectivity index (χ2v) is 5.78. The van der Waals surface area contributed by atoms with Gasteiger partial charge in [0, 0.05) is 18.1 Å². The van der Waals surface area contributed by atoms with Crippen molar-refractivity contribution in [3.63, 3.8) is 0 Å². The average Bonchev–Trinajstić information content (AvgIpc) is 2.24. The van der Waals surface area contributed by atoms with Gasteiger partial charge in [-0.05, 0) is 39.2 Å². The molecule has 0 saturated heterocycles. The molecule has 96 valence electrons. The molecule has 0 aromatic heterocycles. The molecule has 0 aliphatic heterocycles. The zero-order chi connectivity index (χ0) is 12.2. The molecule has 0 bridgehead atoms. The highest BCUT2D eigenvalue weighted by Crippen LogP contribution is 2.36. The van der Waals surface area contributed by atoms with Crippen LogP contribution in [0.15, 0.2) is 0 Å². The van der Waals surface area contributed by atoms with Crippen LogP contribution in [0.5, 0.6) is 0 Å². The number of hydrogen-bond donors (Lipinski definition) is 1. The molecule has 2 heteroatoms. The van der Waals surface area contributed by atoms with Crippen molar-refractivity contribution < 1.29 is 0 Å². The van der Waals surface area contributed by atoms with Crippen LogP contribution in [-0.2, 0) is 0 Å². The Morgan fingerprint density at radius 2 is 1.88 bits per heavy atom. The van der Waals surface area contributed by atoms with Gasteiger partial charge in [0.15, 0.2) is 0 Å². The highest BCUT2D eigenvalue weighted by Gasteiger charge is 2.35. The predicted octanol–water partition coefficient (Wildman–Crippen LogP) is 3.01. The number of rotatable bonds is 7. The summed E-state index contributed by atoms with van der Waals surface area (Å²) in [5.41, 5.74) is 6.25. The van der Waals surface area contributed by atoms with Gasteiger partial charge < -0.3 is 5.73 Å². The van der Waals surface area contributed by atoms with E-state index in [1.54, 1.807) is 0 Å². The second kappa shape index (κ2) is 6.02. The Labute approximate surface area is 102 Å². The summed E-state index contributed by atoms with van der Waals surface area (Å²) in [4.78, 5) is 2.55. The zero-order valence-electron chi connectivity index (χ0n) is 11.6. The van der Waals surface area contributed by atoms with Crippen molar-refractivity contribution in [1.29, 1.82) is 0 Å². The van der Waals surface area contributed by atoms with Crippen LogP contribution in [0.3, 0.4) is 0 Å². The molecular weight excluding hydrogens is 196 g/mol. The lowest BCUT2D eigenvalue weighted by Gasteiger charge is -2.46. The number of hydrogen-bond acceptors (Lipinski definition) is 2. The molecule has 2 nitrogen and oxygen atoms in total. The van der Waals surface area contributed by atoms with E-state index in [1.807, 2.05) is 0 Å². The van der Waals surface area contributed by atoms with Gasteiger partial charge in [-0.25, -0.2) is 0 Å². The third kappa shape index (κ3) is 2.98. The van der Waals surface area contributed by atoms with E-state index in [1.165, 1.54) is 38.5 Å². The Morgan fingerprint density at radius 3 is 2.19 bits per heavy atom. The van der Waals surface area contributed by atoms with Gasteiger partial charge in [-0.2, -0.15) is 0 Å². The monoisotopic (exact) mass is 226 g/mol. The van der Waals surface area contributed by atoms with Gasteiger partial charge in [0.25, 0.3) is 0 Å². The molecule has 16 heavy (non-hydrogen) atoms. The maximum absolute atomic E-state index is 6.04. The van der Waals surface area contributed by atoms with E-state index >= 15 is 0 Å². The summed E-state index contributed by atoms with van der Waals surface area (Å²) >= 11 is 0. The molecule has 1 atom stereocenters. The normalized spacial score (nSPS) is 21.2. The quantitative estimate of drug-likeness (QED) is 0.723. The van der Waals surface area contributed by atoms with Crippen molar-refractivity contribution in [2.75, 3.05) is 13.6 Å². The standard InChI is InChI=1S/C14H30N2/c1-5-13(6-2)16(4)14(3,11-15)10-12-8-7-9-12/h12-13H,5-11,15H2,1-4H3. The molecule has 0 aromatic carbocycles. The lowest BCUT2D eigenvalue weighted by Crippen LogP contribution is -2.55. The minimum atomic E-state index is 0.210. The first-order valence-electron chi connectivity index (χ1n) is 7.00. The SMILES string of the molecule is CCC(CC)N(C)C(C)(CN)CC1CCC1. The van der Waals surface area contributed by atoms with Crippen LogP contribution in [0.25, 0.3) is 0 Å². The summed E-state index contributed by atoms with van der Waals surface area (Å²) < 4.78 is 0. The topological polar surface area (TPSA) is 29.3 Å². The molecule has 0 aromatic rings. The highest BCUT2D eigenvalue weighted by molar-refractivity contribution is 4.92. The summed E-state index contributed by atoms with van der Waals surface area (Å²) in [6.07, 6.45) is 8.02. The lowest BCUT2D eigenvalue weighted by atomic mass is 9.75. The third-order valence-corrected chi connectivity index (χ3v) is 4.73. The van der Waals surface area contributed by atoms with Crippen LogP contribution in [0.2, 0.25) is 0 Å². The first-order valence-corrected chi connectivity index (χ1v) is 7.00. The number of nitrogens with two attached hydrogens (primary N) is 1. The third-order valence-electron chi connectivity index (χ3n) is 4.73. The van der Waals surface area contributed by atoms with Crippen LogP contribution in [0.4, 0.5) is 0 Å². The molecule has 2 N–H and O–H groups in total. The summed E-state index contributed by atoms with van der Waals surface area (Å²) in [5.74, 6) is 0.936. The van der Waals surface area contributed by atoms with Crippen molar-refractivity contribution in [3.8, 4) is 0 Å². The first kappa shape index (κ1) is 14.0. The molecular formula is C14H30N2. The largest absolute Gasteiger partial charge is 0.329 e. The van der Waals surface area contributed by atoms with E-state index < -0.39 is 0 Å². The molecule has 1 aliphatic carbocycles. The fraction of sp³-hybridized carbons (Fsp3) is 1.00. The minimum Gasteiger partial charge on any atom is -0.329 e. The lowest BCUT2D eigenvalue weighted by molar-refractivity contribution is 0.0512. The van der Waals surface area contributed by atoms with Crippen LogP contribution < -0.4 is 5.73 Å². The van der Waals surface area contributed by atoms with Crippen LogP contribution in [-0.4, -0.2) is 30.1 Å².